The fourth-order valence-corrected chi connectivity index (χ4v) is 3.76. The van der Waals surface area contributed by atoms with Gasteiger partial charge in [0.25, 0.3) is 0 Å². The quantitative estimate of drug-likeness (QED) is 0.394. The van der Waals surface area contributed by atoms with E-state index in [2.05, 4.69) is 25.8 Å². The lowest BCUT2D eigenvalue weighted by molar-refractivity contribution is -0.137. The van der Waals surface area contributed by atoms with E-state index in [1.165, 1.54) is 12.1 Å². The van der Waals surface area contributed by atoms with Gasteiger partial charge < -0.3 is 4.98 Å². The monoisotopic (exact) mass is 426 g/mol. The second-order valence-corrected chi connectivity index (χ2v) is 8.80. The van der Waals surface area contributed by atoms with Crippen LogP contribution in [0.1, 0.15) is 44.5 Å². The summed E-state index contributed by atoms with van der Waals surface area (Å²) in [6.07, 6.45) is -4.42. The third-order valence-electron chi connectivity index (χ3n) is 5.41. The van der Waals surface area contributed by atoms with Gasteiger partial charge >= 0.3 is 6.18 Å². The summed E-state index contributed by atoms with van der Waals surface area (Å²) in [5, 5.41) is 4.70. The topological polar surface area (TPSA) is 46.5 Å². The summed E-state index contributed by atoms with van der Waals surface area (Å²) >= 11 is 0. The zero-order chi connectivity index (χ0) is 22.6. The van der Waals surface area contributed by atoms with Crippen molar-refractivity contribution in [1.82, 2.24) is 19.7 Å². The summed E-state index contributed by atoms with van der Waals surface area (Å²) in [4.78, 5) is 8.06. The third-order valence-corrected chi connectivity index (χ3v) is 5.41. The maximum absolute atomic E-state index is 13.5. The molecule has 2 aromatic carbocycles. The highest BCUT2D eigenvalue weighted by molar-refractivity contribution is 5.87. The number of H-pyrrole nitrogens is 1. The van der Waals surface area contributed by atoms with Crippen LogP contribution in [-0.4, -0.2) is 19.7 Å². The van der Waals surface area contributed by atoms with Crippen molar-refractivity contribution in [1.29, 1.82) is 0 Å². The molecule has 0 saturated carbocycles. The van der Waals surface area contributed by atoms with Crippen LogP contribution in [0.15, 0.2) is 42.5 Å². The van der Waals surface area contributed by atoms with Crippen molar-refractivity contribution in [3.8, 4) is 22.6 Å². The average molecular weight is 426 g/mol. The third kappa shape index (κ3) is 3.84. The molecule has 0 radical (unpaired) electrons. The molecule has 0 amide bonds. The molecule has 162 valence electrons. The molecule has 4 rings (SSSR count). The van der Waals surface area contributed by atoms with Gasteiger partial charge in [-0.3, -0.25) is 4.68 Å². The number of hydrogen-bond acceptors (Lipinski definition) is 2. The fraction of sp³-hybridized carbons (Fsp3) is 0.333. The Bertz CT molecular complexity index is 1260. The van der Waals surface area contributed by atoms with Crippen molar-refractivity contribution in [3.05, 3.63) is 59.3 Å². The van der Waals surface area contributed by atoms with E-state index in [4.69, 9.17) is 10.1 Å². The number of aromatic nitrogens is 4. The Morgan fingerprint density at radius 1 is 1.03 bits per heavy atom. The minimum Gasteiger partial charge on any atom is -0.337 e. The Balaban J connectivity index is 1.87. The number of rotatable bonds is 3. The summed E-state index contributed by atoms with van der Waals surface area (Å²) in [7, 11) is 0. The molecule has 2 heterocycles. The predicted molar refractivity (Wildman–Crippen MR) is 117 cm³/mol. The molecule has 0 aliphatic heterocycles. The molecule has 0 atom stereocenters. The number of fused-ring (bicyclic) bond motifs is 1. The van der Waals surface area contributed by atoms with Crippen molar-refractivity contribution in [2.24, 2.45) is 0 Å². The summed E-state index contributed by atoms with van der Waals surface area (Å²) in [5.41, 5.74) is 3.98. The van der Waals surface area contributed by atoms with Crippen LogP contribution in [0.25, 0.3) is 33.7 Å². The minimum atomic E-state index is -4.42. The van der Waals surface area contributed by atoms with E-state index in [1.54, 1.807) is 18.2 Å². The number of hydrogen-bond donors (Lipinski definition) is 1. The molecule has 0 saturated heterocycles. The number of aryl methyl sites for hydroxylation is 2. The van der Waals surface area contributed by atoms with Crippen LogP contribution in [-0.2, 0) is 18.1 Å². The van der Waals surface area contributed by atoms with Crippen LogP contribution in [0.5, 0.6) is 0 Å². The molecule has 4 aromatic rings. The van der Waals surface area contributed by atoms with Gasteiger partial charge in [0, 0.05) is 12.0 Å². The highest BCUT2D eigenvalue weighted by atomic mass is 19.4. The van der Waals surface area contributed by atoms with Gasteiger partial charge in [-0.05, 0) is 54.8 Å². The van der Waals surface area contributed by atoms with E-state index in [9.17, 15) is 13.2 Å². The van der Waals surface area contributed by atoms with E-state index in [1.807, 2.05) is 24.6 Å². The molecular formula is C24H25F3N4. The van der Waals surface area contributed by atoms with Gasteiger partial charge in [-0.2, -0.15) is 18.3 Å². The van der Waals surface area contributed by atoms with E-state index in [0.29, 0.717) is 23.4 Å². The molecule has 0 aliphatic rings. The molecule has 4 nitrogen and oxygen atoms in total. The lowest BCUT2D eigenvalue weighted by Crippen LogP contribution is -2.12. The van der Waals surface area contributed by atoms with E-state index in [-0.39, 0.29) is 11.0 Å². The normalized spacial score (nSPS) is 12.6. The summed E-state index contributed by atoms with van der Waals surface area (Å²) < 4.78 is 42.5. The molecular weight excluding hydrogens is 401 g/mol. The maximum Gasteiger partial charge on any atom is 0.417 e. The molecule has 2 aromatic heterocycles. The van der Waals surface area contributed by atoms with Crippen LogP contribution in [0.2, 0.25) is 0 Å². The number of nitrogens with zero attached hydrogens (tertiary/aromatic N) is 3. The van der Waals surface area contributed by atoms with Crippen LogP contribution < -0.4 is 0 Å². The number of alkyl halides is 3. The highest BCUT2D eigenvalue weighted by Gasteiger charge is 2.33. The van der Waals surface area contributed by atoms with Crippen molar-refractivity contribution in [2.75, 3.05) is 0 Å². The van der Waals surface area contributed by atoms with Gasteiger partial charge in [-0.1, -0.05) is 39.0 Å². The van der Waals surface area contributed by atoms with Crippen molar-refractivity contribution >= 4 is 11.0 Å². The molecule has 0 fully saturated rings. The van der Waals surface area contributed by atoms with Gasteiger partial charge in [-0.25, -0.2) is 4.98 Å². The lowest BCUT2D eigenvalue weighted by Gasteiger charge is -2.13. The van der Waals surface area contributed by atoms with Gasteiger partial charge in [0.1, 0.15) is 5.69 Å². The maximum atomic E-state index is 13.5. The zero-order valence-corrected chi connectivity index (χ0v) is 18.2. The van der Waals surface area contributed by atoms with Crippen molar-refractivity contribution < 1.29 is 13.2 Å². The van der Waals surface area contributed by atoms with Crippen molar-refractivity contribution in [2.45, 2.75) is 52.8 Å². The van der Waals surface area contributed by atoms with Crippen LogP contribution >= 0.6 is 0 Å². The van der Waals surface area contributed by atoms with E-state index in [0.717, 1.165) is 28.5 Å². The van der Waals surface area contributed by atoms with Gasteiger partial charge in [0.05, 0.1) is 22.3 Å². The SMILES string of the molecule is CCn1nc(C(C)(C)C)cc1-c1nc2c(C)cc(-c3ccccc3C(F)(F)F)cc2[nH]1. The summed E-state index contributed by atoms with van der Waals surface area (Å²) in [5.74, 6) is 0.657. The molecule has 0 unspecified atom stereocenters. The lowest BCUT2D eigenvalue weighted by atomic mass is 9.92. The standard InChI is InChI=1S/C24H25F3N4/c1-6-31-19(13-20(30-31)23(3,4)5)22-28-18-12-15(11-14(2)21(18)29-22)16-9-7-8-10-17(16)24(25,26)27/h7-13H,6H2,1-5H3,(H,28,29). The number of benzene rings is 2. The van der Waals surface area contributed by atoms with Gasteiger partial charge in [0.2, 0.25) is 0 Å². The predicted octanol–water partition coefficient (Wildman–Crippen LogP) is 6.74. The second-order valence-electron chi connectivity index (χ2n) is 8.80. The first-order chi connectivity index (χ1) is 14.5. The molecule has 31 heavy (non-hydrogen) atoms. The number of aromatic amines is 1. The molecule has 1 N–H and O–H groups in total. The molecule has 0 aliphatic carbocycles. The Hall–Kier alpha value is -3.09. The fourth-order valence-electron chi connectivity index (χ4n) is 3.76. The molecule has 0 bridgehead atoms. The van der Waals surface area contributed by atoms with Crippen molar-refractivity contribution in [3.63, 3.8) is 0 Å². The molecule has 0 spiro atoms. The average Bonchev–Trinajstić information content (AvgIpc) is 3.31. The Labute approximate surface area is 179 Å². The van der Waals surface area contributed by atoms with E-state index >= 15 is 0 Å². The van der Waals surface area contributed by atoms with Gasteiger partial charge in [-0.15, -0.1) is 0 Å². The highest BCUT2D eigenvalue weighted by Crippen LogP contribution is 2.38. The Morgan fingerprint density at radius 2 is 1.74 bits per heavy atom. The Kier molecular flexibility index (Phi) is 4.95. The largest absolute Gasteiger partial charge is 0.417 e. The first-order valence-electron chi connectivity index (χ1n) is 10.2. The number of nitrogens with one attached hydrogen (secondary N) is 1. The number of halogens is 3. The van der Waals surface area contributed by atoms with E-state index < -0.39 is 11.7 Å². The minimum absolute atomic E-state index is 0.106. The summed E-state index contributed by atoms with van der Waals surface area (Å²) in [6.45, 7) is 10.9. The number of imidazole rings is 1. The molecule has 7 heteroatoms. The second kappa shape index (κ2) is 7.25. The zero-order valence-electron chi connectivity index (χ0n) is 18.2. The van der Waals surface area contributed by atoms with Crippen LogP contribution in [0.4, 0.5) is 13.2 Å². The first kappa shape index (κ1) is 21.2. The van der Waals surface area contributed by atoms with Crippen LogP contribution in [0.3, 0.4) is 0 Å². The smallest absolute Gasteiger partial charge is 0.337 e. The summed E-state index contributed by atoms with van der Waals surface area (Å²) in [6, 6.07) is 11.2. The first-order valence-corrected chi connectivity index (χ1v) is 10.2. The van der Waals surface area contributed by atoms with Gasteiger partial charge in [0.15, 0.2) is 5.82 Å². The van der Waals surface area contributed by atoms with Crippen LogP contribution in [0, 0.1) is 6.92 Å². The Morgan fingerprint density at radius 3 is 2.39 bits per heavy atom.